The van der Waals surface area contributed by atoms with Crippen molar-refractivity contribution >= 4 is 58.6 Å². The van der Waals surface area contributed by atoms with Crippen molar-refractivity contribution in [3.63, 3.8) is 0 Å². The number of aliphatic hydroxyl groups is 1. The third-order valence-corrected chi connectivity index (χ3v) is 11.4. The van der Waals surface area contributed by atoms with E-state index in [2.05, 4.69) is 21.3 Å². The highest BCUT2D eigenvalue weighted by molar-refractivity contribution is 6.39. The second-order valence-corrected chi connectivity index (χ2v) is 18.1. The van der Waals surface area contributed by atoms with Crippen LogP contribution in [0.25, 0.3) is 0 Å². The van der Waals surface area contributed by atoms with Gasteiger partial charge in [0.05, 0.1) is 41.4 Å². The number of aryl methyl sites for hydroxylation is 1. The lowest BCUT2D eigenvalue weighted by atomic mass is 9.90. The minimum Gasteiger partial charge on any atom is -0.458 e. The summed E-state index contributed by atoms with van der Waals surface area (Å²) in [5.41, 5.74) is -0.696. The van der Waals surface area contributed by atoms with E-state index in [4.69, 9.17) is 32.7 Å². The number of benzene rings is 3. The average molecular weight is 925 g/mol. The summed E-state index contributed by atoms with van der Waals surface area (Å²) in [6.45, 7) is 10.4. The molecule has 14 nitrogen and oxygen atoms in total. The summed E-state index contributed by atoms with van der Waals surface area (Å²) in [6, 6.07) is 18.5. The molecule has 5 atom stereocenters. The number of hydrogen-bond acceptors (Lipinski definition) is 10. The number of amides is 4. The van der Waals surface area contributed by atoms with E-state index >= 15 is 0 Å². The zero-order valence-electron chi connectivity index (χ0n) is 37.4. The number of esters is 1. The van der Waals surface area contributed by atoms with Gasteiger partial charge in [-0.25, -0.2) is 4.79 Å². The van der Waals surface area contributed by atoms with Crippen LogP contribution in [0.3, 0.4) is 0 Å². The number of morpholine rings is 1. The summed E-state index contributed by atoms with van der Waals surface area (Å²) in [4.78, 5) is 85.1. The Morgan fingerprint density at radius 2 is 1.22 bits per heavy atom. The lowest BCUT2D eigenvalue weighted by Gasteiger charge is -2.30. The molecule has 64 heavy (non-hydrogen) atoms. The molecule has 3 aromatic rings. The van der Waals surface area contributed by atoms with Crippen molar-refractivity contribution in [2.24, 2.45) is 11.8 Å². The van der Waals surface area contributed by atoms with Crippen molar-refractivity contribution < 1.29 is 43.3 Å². The molecule has 0 aromatic heterocycles. The average Bonchev–Trinajstić information content (AvgIpc) is 3.25. The van der Waals surface area contributed by atoms with Crippen molar-refractivity contribution in [2.45, 2.75) is 103 Å². The van der Waals surface area contributed by atoms with Gasteiger partial charge in [0.2, 0.25) is 23.6 Å². The van der Waals surface area contributed by atoms with E-state index in [9.17, 15) is 33.9 Å². The molecule has 0 aliphatic carbocycles. The number of nitrogens with one attached hydrogen (secondary N) is 4. The third-order valence-electron chi connectivity index (χ3n) is 10.8. The maximum absolute atomic E-state index is 14.4. The number of carbonyl (C=O) groups is 6. The molecule has 1 saturated heterocycles. The Bertz CT molecular complexity index is 1990. The normalized spacial score (nSPS) is 15.8. The molecule has 1 heterocycles. The second kappa shape index (κ2) is 25.6. The molecule has 0 saturated carbocycles. The summed E-state index contributed by atoms with van der Waals surface area (Å²) in [5.74, 6) is -3.96. The fourth-order valence-electron chi connectivity index (χ4n) is 7.19. The van der Waals surface area contributed by atoms with E-state index in [0.717, 1.165) is 5.56 Å². The van der Waals surface area contributed by atoms with Gasteiger partial charge in [-0.2, -0.15) is 0 Å². The van der Waals surface area contributed by atoms with Gasteiger partial charge in [0.25, 0.3) is 0 Å². The summed E-state index contributed by atoms with van der Waals surface area (Å²) in [7, 11) is 0. The Hall–Kier alpha value is -4.86. The van der Waals surface area contributed by atoms with Gasteiger partial charge < -0.3 is 35.8 Å². The standard InChI is InChI=1S/C48H63Cl2N5O9/c1-31(2)19-21-38(52-44(58)37(22-20-33-13-8-6-9-14-33)51-41(56)29-55-23-25-63-26-24-55)45(59)54-40(28-34-15-10-7-11-16-34)46(60)53-39(27-32(3)4)43(57)48(5,62)30-64-47(61)42-35(49)17-12-18-36(42)50/h6-18,31-32,37-40,62H,19-30H2,1-5H3,(H,51,56)(H,52,58)(H,53,60)(H,54,59)/t37-,38-,39?,40-,48+/m0/s1. The highest BCUT2D eigenvalue weighted by Crippen LogP contribution is 2.26. The van der Waals surface area contributed by atoms with Gasteiger partial charge in [0, 0.05) is 19.5 Å². The number of nitrogens with zero attached hydrogens (tertiary/aromatic N) is 1. The van der Waals surface area contributed by atoms with Crippen LogP contribution in [0.4, 0.5) is 0 Å². The van der Waals surface area contributed by atoms with Crippen LogP contribution in [0, 0.1) is 11.8 Å². The van der Waals surface area contributed by atoms with Gasteiger partial charge in [0.1, 0.15) is 24.7 Å². The number of hydrogen-bond donors (Lipinski definition) is 5. The SMILES string of the molecule is CC(C)CC[C@H](NC(=O)[C@H](CCc1ccccc1)NC(=O)CN1CCOCC1)C(=O)N[C@@H](Cc1ccccc1)C(=O)NC(CC(C)C)C(=O)[C@](C)(O)COC(=O)c1c(Cl)cccc1Cl. The maximum atomic E-state index is 14.4. The van der Waals surface area contributed by atoms with Gasteiger partial charge in [-0.3, -0.25) is 28.9 Å². The molecular weight excluding hydrogens is 861 g/mol. The molecule has 5 N–H and O–H groups in total. The van der Waals surface area contributed by atoms with Crippen LogP contribution < -0.4 is 21.3 Å². The zero-order valence-corrected chi connectivity index (χ0v) is 38.9. The summed E-state index contributed by atoms with van der Waals surface area (Å²) >= 11 is 12.3. The smallest absolute Gasteiger partial charge is 0.341 e. The Balaban J connectivity index is 1.55. The lowest BCUT2D eigenvalue weighted by Crippen LogP contribution is -2.60. The second-order valence-electron chi connectivity index (χ2n) is 17.3. The van der Waals surface area contributed by atoms with Crippen LogP contribution in [-0.2, 0) is 46.3 Å². The number of carbonyl (C=O) groups excluding carboxylic acids is 6. The summed E-state index contributed by atoms with van der Waals surface area (Å²) < 4.78 is 10.7. The molecule has 16 heteroatoms. The van der Waals surface area contributed by atoms with Crippen LogP contribution in [0.5, 0.6) is 0 Å². The molecule has 1 aliphatic heterocycles. The largest absolute Gasteiger partial charge is 0.458 e. The first-order valence-corrected chi connectivity index (χ1v) is 22.6. The molecule has 0 radical (unpaired) electrons. The lowest BCUT2D eigenvalue weighted by molar-refractivity contribution is -0.144. The first-order valence-electron chi connectivity index (χ1n) is 21.9. The molecule has 0 bridgehead atoms. The molecule has 4 amide bonds. The Kier molecular flexibility index (Phi) is 20.7. The topological polar surface area (TPSA) is 192 Å². The molecule has 348 valence electrons. The molecule has 1 fully saturated rings. The third kappa shape index (κ3) is 16.9. The van der Waals surface area contributed by atoms with E-state index in [1.807, 2.05) is 69.0 Å². The summed E-state index contributed by atoms with van der Waals surface area (Å²) in [5, 5.41) is 22.9. The maximum Gasteiger partial charge on any atom is 0.341 e. The number of ether oxygens (including phenoxy) is 2. The van der Waals surface area contributed by atoms with E-state index in [1.165, 1.54) is 19.1 Å². The fourth-order valence-corrected chi connectivity index (χ4v) is 7.74. The van der Waals surface area contributed by atoms with Gasteiger partial charge >= 0.3 is 5.97 Å². The Labute approximate surface area is 386 Å². The van der Waals surface area contributed by atoms with Crippen LogP contribution in [0.15, 0.2) is 78.9 Å². The van der Waals surface area contributed by atoms with Crippen molar-refractivity contribution in [3.05, 3.63) is 106 Å². The monoisotopic (exact) mass is 923 g/mol. The van der Waals surface area contributed by atoms with Crippen LogP contribution in [0.2, 0.25) is 10.0 Å². The van der Waals surface area contributed by atoms with E-state index in [1.54, 1.807) is 30.3 Å². The molecule has 0 spiro atoms. The summed E-state index contributed by atoms with van der Waals surface area (Å²) in [6.07, 6.45) is 1.67. The van der Waals surface area contributed by atoms with Crippen LogP contribution in [-0.4, -0.2) is 115 Å². The number of Topliss-reactive ketones (excluding diaryl/α,β-unsaturated/α-hetero) is 1. The van der Waals surface area contributed by atoms with Crippen LogP contribution >= 0.6 is 23.2 Å². The van der Waals surface area contributed by atoms with E-state index in [-0.39, 0.29) is 65.6 Å². The molecule has 4 rings (SSSR count). The molecule has 3 aromatic carbocycles. The first kappa shape index (κ1) is 51.8. The van der Waals surface area contributed by atoms with E-state index in [0.29, 0.717) is 44.7 Å². The zero-order chi connectivity index (χ0) is 46.8. The quantitative estimate of drug-likeness (QED) is 0.0756. The van der Waals surface area contributed by atoms with Crippen molar-refractivity contribution in [1.82, 2.24) is 26.2 Å². The van der Waals surface area contributed by atoms with Crippen molar-refractivity contribution in [3.8, 4) is 0 Å². The predicted octanol–water partition coefficient (Wildman–Crippen LogP) is 5.10. The van der Waals surface area contributed by atoms with Gasteiger partial charge in [-0.1, -0.05) is 118 Å². The van der Waals surface area contributed by atoms with Crippen molar-refractivity contribution in [2.75, 3.05) is 39.5 Å². The highest BCUT2D eigenvalue weighted by atomic mass is 35.5. The van der Waals surface area contributed by atoms with Gasteiger partial charge in [0.15, 0.2) is 11.4 Å². The minimum atomic E-state index is -2.25. The van der Waals surface area contributed by atoms with Crippen molar-refractivity contribution in [1.29, 1.82) is 0 Å². The van der Waals surface area contributed by atoms with Gasteiger partial charge in [-0.05, 0) is 74.1 Å². The fraction of sp³-hybridized carbons (Fsp3) is 0.500. The highest BCUT2D eigenvalue weighted by Gasteiger charge is 2.40. The minimum absolute atomic E-state index is 0.0236. The Morgan fingerprint density at radius 1 is 0.688 bits per heavy atom. The predicted molar refractivity (Wildman–Crippen MR) is 246 cm³/mol. The van der Waals surface area contributed by atoms with E-state index < -0.39 is 65.8 Å². The van der Waals surface area contributed by atoms with Crippen LogP contribution in [0.1, 0.15) is 81.8 Å². The Morgan fingerprint density at radius 3 is 1.80 bits per heavy atom. The number of ketones is 1. The first-order chi connectivity index (χ1) is 30.4. The number of halogens is 2. The molecule has 1 aliphatic rings. The molecular formula is C48H63Cl2N5O9. The number of rotatable bonds is 24. The van der Waals surface area contributed by atoms with Gasteiger partial charge in [-0.15, -0.1) is 0 Å². The molecule has 1 unspecified atom stereocenters.